The Balaban J connectivity index is 2.07. The second kappa shape index (κ2) is 6.73. The molecule has 1 aromatic heterocycles. The van der Waals surface area contributed by atoms with E-state index in [1.807, 2.05) is 31.4 Å². The Morgan fingerprint density at radius 3 is 2.70 bits per heavy atom. The molecule has 0 saturated carbocycles. The second-order valence-electron chi connectivity index (χ2n) is 4.94. The minimum absolute atomic E-state index is 0.266. The van der Waals surface area contributed by atoms with Gasteiger partial charge in [-0.05, 0) is 43.8 Å². The van der Waals surface area contributed by atoms with Crippen LogP contribution < -0.4 is 10.2 Å². The average Bonchev–Trinajstić information content (AvgIpc) is 2.46. The molecule has 1 aromatic carbocycles. The van der Waals surface area contributed by atoms with E-state index in [1.165, 1.54) is 5.56 Å². The van der Waals surface area contributed by atoms with Gasteiger partial charge in [0.2, 0.25) is 0 Å². The van der Waals surface area contributed by atoms with Gasteiger partial charge >= 0.3 is 0 Å². The van der Waals surface area contributed by atoms with Crippen LogP contribution in [-0.2, 0) is 6.54 Å². The number of benzene rings is 1. The van der Waals surface area contributed by atoms with Gasteiger partial charge in [0, 0.05) is 24.7 Å². The molecule has 2 aromatic rings. The summed E-state index contributed by atoms with van der Waals surface area (Å²) < 4.78 is 0. The normalized spacial score (nSPS) is 12.2. The summed E-state index contributed by atoms with van der Waals surface area (Å²) >= 11 is 6.01. The smallest absolute Gasteiger partial charge is 0.0571 e. The molecule has 0 aliphatic heterocycles. The largest absolute Gasteiger partial charge is 0.369 e. The highest BCUT2D eigenvalue weighted by atomic mass is 35.5. The quantitative estimate of drug-likeness (QED) is 0.911. The van der Waals surface area contributed by atoms with Crippen molar-refractivity contribution in [3.05, 3.63) is 58.9 Å². The molecule has 0 fully saturated rings. The van der Waals surface area contributed by atoms with E-state index in [2.05, 4.69) is 47.4 Å². The van der Waals surface area contributed by atoms with Crippen LogP contribution in [0, 0.1) is 0 Å². The highest BCUT2D eigenvalue weighted by Gasteiger charge is 2.06. The van der Waals surface area contributed by atoms with E-state index in [9.17, 15) is 0 Å². The van der Waals surface area contributed by atoms with Crippen molar-refractivity contribution in [2.45, 2.75) is 19.5 Å². The third kappa shape index (κ3) is 3.71. The van der Waals surface area contributed by atoms with Crippen molar-refractivity contribution < 1.29 is 0 Å². The monoisotopic (exact) mass is 289 g/mol. The predicted octanol–water partition coefficient (Wildman–Crippen LogP) is 3.65. The fraction of sp³-hybridized carbons (Fsp3) is 0.312. The number of hydrogen-bond acceptors (Lipinski definition) is 3. The maximum absolute atomic E-state index is 6.01. The summed E-state index contributed by atoms with van der Waals surface area (Å²) in [6.07, 6.45) is 1.91. The molecule has 3 nitrogen and oxygen atoms in total. The van der Waals surface area contributed by atoms with E-state index in [0.29, 0.717) is 0 Å². The van der Waals surface area contributed by atoms with Gasteiger partial charge in [0.15, 0.2) is 0 Å². The molecule has 1 atom stereocenters. The lowest BCUT2D eigenvalue weighted by Crippen LogP contribution is -2.18. The molecule has 2 rings (SSSR count). The first-order valence-electron chi connectivity index (χ1n) is 6.69. The van der Waals surface area contributed by atoms with Gasteiger partial charge in [-0.2, -0.15) is 0 Å². The van der Waals surface area contributed by atoms with Crippen LogP contribution in [-0.4, -0.2) is 19.1 Å². The maximum Gasteiger partial charge on any atom is 0.0571 e. The number of nitrogens with one attached hydrogen (secondary N) is 1. The molecule has 1 N–H and O–H groups in total. The Bertz CT molecular complexity index is 554. The van der Waals surface area contributed by atoms with Gasteiger partial charge < -0.3 is 10.2 Å². The van der Waals surface area contributed by atoms with Gasteiger partial charge in [0.1, 0.15) is 0 Å². The zero-order valence-corrected chi connectivity index (χ0v) is 12.9. The van der Waals surface area contributed by atoms with Crippen LogP contribution >= 0.6 is 11.6 Å². The van der Waals surface area contributed by atoms with Crippen molar-refractivity contribution in [3.63, 3.8) is 0 Å². The first-order valence-corrected chi connectivity index (χ1v) is 7.06. The molecule has 1 unspecified atom stereocenters. The van der Waals surface area contributed by atoms with Crippen molar-refractivity contribution >= 4 is 17.3 Å². The van der Waals surface area contributed by atoms with Gasteiger partial charge in [-0.3, -0.25) is 4.98 Å². The summed E-state index contributed by atoms with van der Waals surface area (Å²) in [4.78, 5) is 6.66. The van der Waals surface area contributed by atoms with Crippen molar-refractivity contribution in [1.29, 1.82) is 0 Å². The van der Waals surface area contributed by atoms with E-state index in [-0.39, 0.29) is 6.04 Å². The minimum atomic E-state index is 0.266. The molecule has 0 amide bonds. The predicted molar refractivity (Wildman–Crippen MR) is 85.3 cm³/mol. The van der Waals surface area contributed by atoms with Crippen LogP contribution in [0.3, 0.4) is 0 Å². The van der Waals surface area contributed by atoms with Crippen molar-refractivity contribution in [2.75, 3.05) is 19.0 Å². The molecule has 0 bridgehead atoms. The van der Waals surface area contributed by atoms with Crippen LogP contribution in [0.15, 0.2) is 42.6 Å². The van der Waals surface area contributed by atoms with E-state index in [4.69, 9.17) is 11.6 Å². The van der Waals surface area contributed by atoms with Crippen LogP contribution in [0.25, 0.3) is 0 Å². The fourth-order valence-corrected chi connectivity index (χ4v) is 2.24. The van der Waals surface area contributed by atoms with Gasteiger partial charge in [-0.25, -0.2) is 0 Å². The van der Waals surface area contributed by atoms with Crippen LogP contribution in [0.1, 0.15) is 24.2 Å². The average molecular weight is 290 g/mol. The zero-order chi connectivity index (χ0) is 14.5. The molecule has 4 heteroatoms. The Morgan fingerprint density at radius 1 is 1.30 bits per heavy atom. The standard InChI is InChI=1S/C16H20ClN3/c1-12(18-2)16-8-7-15(10-19-16)20(3)11-13-5-4-6-14(17)9-13/h4-10,12,18H,11H2,1-3H3. The first kappa shape index (κ1) is 14.8. The minimum Gasteiger partial charge on any atom is -0.369 e. The van der Waals surface area contributed by atoms with Crippen molar-refractivity contribution in [2.24, 2.45) is 0 Å². The molecule has 106 valence electrons. The fourth-order valence-electron chi connectivity index (χ4n) is 2.03. The lowest BCUT2D eigenvalue weighted by Gasteiger charge is -2.20. The number of pyridine rings is 1. The summed E-state index contributed by atoms with van der Waals surface area (Å²) in [6, 6.07) is 12.4. The number of rotatable bonds is 5. The van der Waals surface area contributed by atoms with Gasteiger partial charge in [-0.1, -0.05) is 23.7 Å². The van der Waals surface area contributed by atoms with Crippen molar-refractivity contribution in [3.8, 4) is 0 Å². The molecule has 0 saturated heterocycles. The van der Waals surface area contributed by atoms with Crippen LogP contribution in [0.2, 0.25) is 5.02 Å². The molecule has 0 radical (unpaired) electrons. The number of hydrogen-bond donors (Lipinski definition) is 1. The summed E-state index contributed by atoms with van der Waals surface area (Å²) in [5, 5.41) is 3.96. The van der Waals surface area contributed by atoms with Crippen LogP contribution in [0.5, 0.6) is 0 Å². The number of aromatic nitrogens is 1. The summed E-state index contributed by atoms with van der Waals surface area (Å²) in [5.74, 6) is 0. The SMILES string of the molecule is CNC(C)c1ccc(N(C)Cc2cccc(Cl)c2)cn1. The third-order valence-electron chi connectivity index (χ3n) is 3.40. The van der Waals surface area contributed by atoms with Crippen molar-refractivity contribution in [1.82, 2.24) is 10.3 Å². The summed E-state index contributed by atoms with van der Waals surface area (Å²) in [7, 11) is 3.99. The molecular formula is C16H20ClN3. The molecular weight excluding hydrogens is 270 g/mol. The zero-order valence-electron chi connectivity index (χ0n) is 12.1. The molecule has 1 heterocycles. The van der Waals surface area contributed by atoms with E-state index >= 15 is 0 Å². The number of halogens is 1. The van der Waals surface area contributed by atoms with E-state index < -0.39 is 0 Å². The lowest BCUT2D eigenvalue weighted by atomic mass is 10.2. The Labute approximate surface area is 125 Å². The Kier molecular flexibility index (Phi) is 4.99. The molecule has 0 aliphatic rings. The Morgan fingerprint density at radius 2 is 2.10 bits per heavy atom. The number of anilines is 1. The lowest BCUT2D eigenvalue weighted by molar-refractivity contribution is 0.632. The van der Waals surface area contributed by atoms with Gasteiger partial charge in [0.25, 0.3) is 0 Å². The third-order valence-corrected chi connectivity index (χ3v) is 3.63. The van der Waals surface area contributed by atoms with E-state index in [1.54, 1.807) is 0 Å². The van der Waals surface area contributed by atoms with Gasteiger partial charge in [-0.15, -0.1) is 0 Å². The van der Waals surface area contributed by atoms with Crippen LogP contribution in [0.4, 0.5) is 5.69 Å². The topological polar surface area (TPSA) is 28.2 Å². The molecule has 0 spiro atoms. The molecule has 20 heavy (non-hydrogen) atoms. The first-order chi connectivity index (χ1) is 9.60. The highest BCUT2D eigenvalue weighted by Crippen LogP contribution is 2.18. The van der Waals surface area contributed by atoms with E-state index in [0.717, 1.165) is 22.9 Å². The number of nitrogens with zero attached hydrogens (tertiary/aromatic N) is 2. The highest BCUT2D eigenvalue weighted by molar-refractivity contribution is 6.30. The molecule has 0 aliphatic carbocycles. The maximum atomic E-state index is 6.01. The van der Waals surface area contributed by atoms with Gasteiger partial charge in [0.05, 0.1) is 17.6 Å². The Hall–Kier alpha value is -1.58. The second-order valence-corrected chi connectivity index (χ2v) is 5.37. The summed E-state index contributed by atoms with van der Waals surface area (Å²) in [6.45, 7) is 2.90. The summed E-state index contributed by atoms with van der Waals surface area (Å²) in [5.41, 5.74) is 3.33.